The Bertz CT molecular complexity index is 491. The predicted octanol–water partition coefficient (Wildman–Crippen LogP) is 3.11. The fraction of sp³-hybridized carbons (Fsp3) is 0.611. The first-order chi connectivity index (χ1) is 10.6. The molecule has 1 saturated carbocycles. The minimum absolute atomic E-state index is 0.165. The number of nitrogens with zero attached hydrogens (tertiary/aromatic N) is 1. The van der Waals surface area contributed by atoms with E-state index in [0.29, 0.717) is 12.5 Å². The van der Waals surface area contributed by atoms with Crippen molar-refractivity contribution in [1.29, 1.82) is 0 Å². The lowest BCUT2D eigenvalue weighted by atomic mass is 10.1. The molecule has 1 fully saturated rings. The Hall–Kier alpha value is -1.71. The van der Waals surface area contributed by atoms with Crippen molar-refractivity contribution in [2.45, 2.75) is 58.4 Å². The standard InChI is InChI=1S/C18H29N3O/c1-3-21(4-2)17-11-9-14(13-16(17)19)10-12-18(22)20-15-7-5-6-8-15/h9,11,13,15H,3-8,10,12,19H2,1-2H3,(H,20,22). The van der Waals surface area contributed by atoms with E-state index in [9.17, 15) is 4.79 Å². The molecule has 3 N–H and O–H groups in total. The second-order valence-corrected chi connectivity index (χ2v) is 6.11. The molecule has 0 spiro atoms. The zero-order valence-corrected chi connectivity index (χ0v) is 13.9. The number of nitrogens with two attached hydrogens (primary N) is 1. The molecule has 0 radical (unpaired) electrons. The van der Waals surface area contributed by atoms with E-state index in [1.54, 1.807) is 0 Å². The van der Waals surface area contributed by atoms with Crippen LogP contribution in [0.4, 0.5) is 11.4 Å². The molecule has 1 aromatic carbocycles. The van der Waals surface area contributed by atoms with Crippen molar-refractivity contribution in [2.24, 2.45) is 0 Å². The minimum atomic E-state index is 0.165. The highest BCUT2D eigenvalue weighted by Gasteiger charge is 2.16. The summed E-state index contributed by atoms with van der Waals surface area (Å²) in [6, 6.07) is 6.58. The van der Waals surface area contributed by atoms with Crippen molar-refractivity contribution in [2.75, 3.05) is 23.7 Å². The van der Waals surface area contributed by atoms with Gasteiger partial charge in [0.05, 0.1) is 11.4 Å². The Morgan fingerprint density at radius 3 is 2.55 bits per heavy atom. The molecule has 22 heavy (non-hydrogen) atoms. The Balaban J connectivity index is 1.87. The van der Waals surface area contributed by atoms with Gasteiger partial charge >= 0.3 is 0 Å². The number of amides is 1. The number of nitrogen functional groups attached to an aromatic ring is 1. The first-order valence-electron chi connectivity index (χ1n) is 8.56. The average molecular weight is 303 g/mol. The van der Waals surface area contributed by atoms with Crippen molar-refractivity contribution < 1.29 is 4.79 Å². The van der Waals surface area contributed by atoms with Crippen molar-refractivity contribution in [3.8, 4) is 0 Å². The lowest BCUT2D eigenvalue weighted by Crippen LogP contribution is -2.32. The van der Waals surface area contributed by atoms with E-state index in [1.165, 1.54) is 12.8 Å². The van der Waals surface area contributed by atoms with Gasteiger partial charge in [-0.1, -0.05) is 18.9 Å². The number of rotatable bonds is 7. The van der Waals surface area contributed by atoms with E-state index < -0.39 is 0 Å². The largest absolute Gasteiger partial charge is 0.397 e. The second kappa shape index (κ2) is 8.06. The van der Waals surface area contributed by atoms with Gasteiger partial charge in [0.2, 0.25) is 5.91 Å². The molecular formula is C18H29N3O. The molecule has 1 aromatic rings. The van der Waals surface area contributed by atoms with E-state index >= 15 is 0 Å². The Labute approximate surface area is 134 Å². The quantitative estimate of drug-likeness (QED) is 0.761. The van der Waals surface area contributed by atoms with E-state index in [2.05, 4.69) is 36.2 Å². The van der Waals surface area contributed by atoms with Crippen LogP contribution in [-0.2, 0) is 11.2 Å². The van der Waals surface area contributed by atoms with Crippen LogP contribution < -0.4 is 16.0 Å². The van der Waals surface area contributed by atoms with E-state index in [4.69, 9.17) is 5.73 Å². The third kappa shape index (κ3) is 4.39. The van der Waals surface area contributed by atoms with Gasteiger partial charge in [-0.3, -0.25) is 4.79 Å². The third-order valence-corrected chi connectivity index (χ3v) is 4.56. The summed E-state index contributed by atoms with van der Waals surface area (Å²) in [7, 11) is 0. The summed E-state index contributed by atoms with van der Waals surface area (Å²) < 4.78 is 0. The van der Waals surface area contributed by atoms with Gasteiger partial charge < -0.3 is 16.0 Å². The number of nitrogens with one attached hydrogen (secondary N) is 1. The van der Waals surface area contributed by atoms with Crippen LogP contribution in [-0.4, -0.2) is 25.0 Å². The summed E-state index contributed by atoms with van der Waals surface area (Å²) in [6.07, 6.45) is 6.05. The molecule has 0 aliphatic heterocycles. The summed E-state index contributed by atoms with van der Waals surface area (Å²) >= 11 is 0. The maximum absolute atomic E-state index is 12.0. The third-order valence-electron chi connectivity index (χ3n) is 4.56. The van der Waals surface area contributed by atoms with E-state index in [-0.39, 0.29) is 5.91 Å². The number of carbonyl (C=O) groups is 1. The lowest BCUT2D eigenvalue weighted by Gasteiger charge is -2.23. The minimum Gasteiger partial charge on any atom is -0.397 e. The van der Waals surface area contributed by atoms with E-state index in [1.807, 2.05) is 6.07 Å². The predicted molar refractivity (Wildman–Crippen MR) is 93.1 cm³/mol. The van der Waals surface area contributed by atoms with Crippen molar-refractivity contribution in [3.05, 3.63) is 23.8 Å². The van der Waals surface area contributed by atoms with Crippen LogP contribution in [0, 0.1) is 0 Å². The van der Waals surface area contributed by atoms with Crippen LogP contribution in [0.1, 0.15) is 51.5 Å². The highest BCUT2D eigenvalue weighted by molar-refractivity contribution is 5.76. The smallest absolute Gasteiger partial charge is 0.220 e. The number of hydrogen-bond donors (Lipinski definition) is 2. The van der Waals surface area contributed by atoms with Gasteiger partial charge in [0.1, 0.15) is 0 Å². The SMILES string of the molecule is CCN(CC)c1ccc(CCC(=O)NC2CCCC2)cc1N. The van der Waals surface area contributed by atoms with Crippen LogP contribution >= 0.6 is 0 Å². The second-order valence-electron chi connectivity index (χ2n) is 6.11. The van der Waals surface area contributed by atoms with Gasteiger partial charge in [0.25, 0.3) is 0 Å². The van der Waals surface area contributed by atoms with Crippen LogP contribution in [0.2, 0.25) is 0 Å². The molecule has 0 atom stereocenters. The maximum Gasteiger partial charge on any atom is 0.220 e. The Morgan fingerprint density at radius 1 is 1.27 bits per heavy atom. The number of carbonyl (C=O) groups excluding carboxylic acids is 1. The highest BCUT2D eigenvalue weighted by Crippen LogP contribution is 2.25. The van der Waals surface area contributed by atoms with Crippen LogP contribution in [0.3, 0.4) is 0 Å². The molecule has 122 valence electrons. The molecule has 1 amide bonds. The summed E-state index contributed by atoms with van der Waals surface area (Å²) in [5.74, 6) is 0.165. The van der Waals surface area contributed by atoms with Gasteiger partial charge in [-0.2, -0.15) is 0 Å². The van der Waals surface area contributed by atoms with E-state index in [0.717, 1.165) is 49.3 Å². The molecule has 4 heteroatoms. The fourth-order valence-corrected chi connectivity index (χ4v) is 3.24. The molecule has 0 aromatic heterocycles. The van der Waals surface area contributed by atoms with Gasteiger partial charge in [-0.15, -0.1) is 0 Å². The van der Waals surface area contributed by atoms with Gasteiger partial charge in [-0.05, 0) is 50.8 Å². The number of hydrogen-bond acceptors (Lipinski definition) is 3. The van der Waals surface area contributed by atoms with Gasteiger partial charge in [-0.25, -0.2) is 0 Å². The molecular weight excluding hydrogens is 274 g/mol. The molecule has 0 bridgehead atoms. The first kappa shape index (κ1) is 16.7. The van der Waals surface area contributed by atoms with Crippen LogP contribution in [0.15, 0.2) is 18.2 Å². The topological polar surface area (TPSA) is 58.4 Å². The number of anilines is 2. The fourth-order valence-electron chi connectivity index (χ4n) is 3.24. The molecule has 1 aliphatic carbocycles. The molecule has 0 saturated heterocycles. The number of benzene rings is 1. The van der Waals surface area contributed by atoms with Crippen LogP contribution in [0.5, 0.6) is 0 Å². The zero-order chi connectivity index (χ0) is 15.9. The summed E-state index contributed by atoms with van der Waals surface area (Å²) in [5.41, 5.74) is 9.19. The monoisotopic (exact) mass is 303 g/mol. The molecule has 0 heterocycles. The van der Waals surface area contributed by atoms with Crippen molar-refractivity contribution in [1.82, 2.24) is 5.32 Å². The highest BCUT2D eigenvalue weighted by atomic mass is 16.1. The lowest BCUT2D eigenvalue weighted by molar-refractivity contribution is -0.121. The summed E-state index contributed by atoms with van der Waals surface area (Å²) in [4.78, 5) is 14.2. The first-order valence-corrected chi connectivity index (χ1v) is 8.56. The van der Waals surface area contributed by atoms with Crippen molar-refractivity contribution >= 4 is 17.3 Å². The van der Waals surface area contributed by atoms with Gasteiger partial charge in [0, 0.05) is 25.6 Å². The molecule has 0 unspecified atom stereocenters. The average Bonchev–Trinajstić information content (AvgIpc) is 3.01. The van der Waals surface area contributed by atoms with Crippen molar-refractivity contribution in [3.63, 3.8) is 0 Å². The van der Waals surface area contributed by atoms with Gasteiger partial charge in [0.15, 0.2) is 0 Å². The molecule has 4 nitrogen and oxygen atoms in total. The Kier molecular flexibility index (Phi) is 6.10. The molecule has 1 aliphatic rings. The maximum atomic E-state index is 12.0. The number of aryl methyl sites for hydroxylation is 1. The van der Waals surface area contributed by atoms with Crippen LogP contribution in [0.25, 0.3) is 0 Å². The zero-order valence-electron chi connectivity index (χ0n) is 13.9. The summed E-state index contributed by atoms with van der Waals surface area (Å²) in [6.45, 7) is 6.15. The summed E-state index contributed by atoms with van der Waals surface area (Å²) in [5, 5.41) is 3.13. The molecule has 2 rings (SSSR count). The normalized spacial score (nSPS) is 15.0. The Morgan fingerprint density at radius 2 is 1.95 bits per heavy atom.